The largest absolute Gasteiger partial charge is 0.398 e. The van der Waals surface area contributed by atoms with Crippen molar-refractivity contribution in [3.63, 3.8) is 0 Å². The number of rotatable bonds is 4. The summed E-state index contributed by atoms with van der Waals surface area (Å²) in [6, 6.07) is 3.07. The first kappa shape index (κ1) is 13.6. The van der Waals surface area contributed by atoms with E-state index in [0.717, 1.165) is 11.1 Å². The number of benzene rings is 1. The van der Waals surface area contributed by atoms with Gasteiger partial charge in [0.15, 0.2) is 0 Å². The summed E-state index contributed by atoms with van der Waals surface area (Å²) in [7, 11) is -3.59. The number of hydrogen-bond donors (Lipinski definition) is 3. The third-order valence-electron chi connectivity index (χ3n) is 2.98. The molecular weight excluding hydrogens is 264 g/mol. The predicted octanol–water partition coefficient (Wildman–Crippen LogP) is 1.09. The quantitative estimate of drug-likeness (QED) is 0.730. The Morgan fingerprint density at radius 1 is 1.37 bits per heavy atom. The van der Waals surface area contributed by atoms with Gasteiger partial charge in [-0.1, -0.05) is 0 Å². The minimum atomic E-state index is -3.59. The number of aromatic nitrogens is 2. The lowest BCUT2D eigenvalue weighted by atomic mass is 10.1. The van der Waals surface area contributed by atoms with Crippen LogP contribution in [-0.2, 0) is 16.6 Å². The third-order valence-corrected chi connectivity index (χ3v) is 4.36. The molecule has 0 saturated carbocycles. The molecule has 19 heavy (non-hydrogen) atoms. The van der Waals surface area contributed by atoms with E-state index >= 15 is 0 Å². The van der Waals surface area contributed by atoms with E-state index in [4.69, 9.17) is 5.73 Å². The second-order valence-electron chi connectivity index (χ2n) is 4.31. The molecular formula is C12H16N4O2S. The Balaban J connectivity index is 2.24. The molecule has 0 amide bonds. The van der Waals surface area contributed by atoms with Gasteiger partial charge < -0.3 is 10.7 Å². The Kier molecular flexibility index (Phi) is 3.59. The number of nitrogens with two attached hydrogens (primary N) is 1. The van der Waals surface area contributed by atoms with E-state index in [9.17, 15) is 8.42 Å². The Labute approximate surface area is 112 Å². The Morgan fingerprint density at radius 2 is 2.11 bits per heavy atom. The number of H-pyrrole nitrogens is 1. The molecule has 0 atom stereocenters. The van der Waals surface area contributed by atoms with Crippen LogP contribution in [0.15, 0.2) is 29.4 Å². The van der Waals surface area contributed by atoms with Crippen molar-refractivity contribution in [2.45, 2.75) is 25.3 Å². The van der Waals surface area contributed by atoms with Crippen LogP contribution in [0.3, 0.4) is 0 Å². The van der Waals surface area contributed by atoms with Gasteiger partial charge in [-0.15, -0.1) is 0 Å². The first-order valence-corrected chi connectivity index (χ1v) is 7.23. The average Bonchev–Trinajstić information content (AvgIpc) is 2.86. The van der Waals surface area contributed by atoms with Gasteiger partial charge in [0.2, 0.25) is 10.0 Å². The minimum Gasteiger partial charge on any atom is -0.398 e. The maximum absolute atomic E-state index is 12.1. The highest BCUT2D eigenvalue weighted by Crippen LogP contribution is 2.21. The molecule has 6 nitrogen and oxygen atoms in total. The van der Waals surface area contributed by atoms with E-state index < -0.39 is 10.0 Å². The van der Waals surface area contributed by atoms with E-state index in [1.807, 2.05) is 13.8 Å². The summed E-state index contributed by atoms with van der Waals surface area (Å²) in [4.78, 5) is 6.95. The number of nitrogens with one attached hydrogen (secondary N) is 2. The molecule has 2 aromatic rings. The fourth-order valence-corrected chi connectivity index (χ4v) is 2.76. The Hall–Kier alpha value is -1.86. The molecule has 0 radical (unpaired) electrons. The van der Waals surface area contributed by atoms with Crippen LogP contribution in [0.4, 0.5) is 5.69 Å². The standard InChI is InChI=1S/C12H16N4O2S/c1-8-5-10(6-11(13)9(8)2)19(17,18)16-7-12-14-3-4-15-12/h3-6,16H,7,13H2,1-2H3,(H,14,15). The highest BCUT2D eigenvalue weighted by molar-refractivity contribution is 7.89. The topological polar surface area (TPSA) is 101 Å². The SMILES string of the molecule is Cc1cc(S(=O)(=O)NCc2ncc[nH]2)cc(N)c1C. The molecule has 0 spiro atoms. The number of sulfonamides is 1. The number of nitrogens with zero attached hydrogens (tertiary/aromatic N) is 1. The minimum absolute atomic E-state index is 0.113. The van der Waals surface area contributed by atoms with Gasteiger partial charge in [-0.2, -0.15) is 0 Å². The molecule has 102 valence electrons. The lowest BCUT2D eigenvalue weighted by Gasteiger charge is -2.10. The van der Waals surface area contributed by atoms with Crippen LogP contribution >= 0.6 is 0 Å². The molecule has 0 aliphatic heterocycles. The van der Waals surface area contributed by atoms with Crippen molar-refractivity contribution in [1.82, 2.24) is 14.7 Å². The highest BCUT2D eigenvalue weighted by Gasteiger charge is 2.16. The van der Waals surface area contributed by atoms with Crippen molar-refractivity contribution in [2.24, 2.45) is 0 Å². The van der Waals surface area contributed by atoms with E-state index in [1.165, 1.54) is 6.07 Å². The fourth-order valence-electron chi connectivity index (χ4n) is 1.65. The van der Waals surface area contributed by atoms with Crippen molar-refractivity contribution in [2.75, 3.05) is 5.73 Å². The number of anilines is 1. The van der Waals surface area contributed by atoms with Crippen molar-refractivity contribution in [3.05, 3.63) is 41.5 Å². The van der Waals surface area contributed by atoms with Gasteiger partial charge in [0.25, 0.3) is 0 Å². The number of aromatic amines is 1. The van der Waals surface area contributed by atoms with Crippen LogP contribution < -0.4 is 10.5 Å². The third kappa shape index (κ3) is 2.94. The van der Waals surface area contributed by atoms with Crippen molar-refractivity contribution in [3.8, 4) is 0 Å². The molecule has 7 heteroatoms. The molecule has 1 heterocycles. The summed E-state index contributed by atoms with van der Waals surface area (Å²) < 4.78 is 26.7. The molecule has 2 rings (SSSR count). The Bertz CT molecular complexity index is 655. The molecule has 0 aliphatic rings. The molecule has 0 bridgehead atoms. The summed E-state index contributed by atoms with van der Waals surface area (Å²) >= 11 is 0. The number of nitrogen functional groups attached to an aromatic ring is 1. The molecule has 1 aromatic heterocycles. The summed E-state index contributed by atoms with van der Waals surface area (Å²) in [5, 5.41) is 0. The number of imidazole rings is 1. The summed E-state index contributed by atoms with van der Waals surface area (Å²) in [5.74, 6) is 0.556. The molecule has 0 unspecified atom stereocenters. The summed E-state index contributed by atoms with van der Waals surface area (Å²) in [6.45, 7) is 3.80. The van der Waals surface area contributed by atoms with E-state index in [2.05, 4.69) is 14.7 Å². The summed E-state index contributed by atoms with van der Waals surface area (Å²) in [5.41, 5.74) is 8.01. The van der Waals surface area contributed by atoms with Crippen molar-refractivity contribution < 1.29 is 8.42 Å². The highest BCUT2D eigenvalue weighted by atomic mass is 32.2. The second kappa shape index (κ2) is 5.02. The molecule has 0 aliphatic carbocycles. The van der Waals surface area contributed by atoms with Crippen molar-refractivity contribution >= 4 is 15.7 Å². The molecule has 0 fully saturated rings. The summed E-state index contributed by atoms with van der Waals surface area (Å²) in [6.07, 6.45) is 3.20. The number of aryl methyl sites for hydroxylation is 1. The van der Waals surface area contributed by atoms with Crippen molar-refractivity contribution in [1.29, 1.82) is 0 Å². The van der Waals surface area contributed by atoms with E-state index in [0.29, 0.717) is 11.5 Å². The smallest absolute Gasteiger partial charge is 0.241 e. The predicted molar refractivity (Wildman–Crippen MR) is 72.9 cm³/mol. The lowest BCUT2D eigenvalue weighted by molar-refractivity contribution is 0.579. The van der Waals surface area contributed by atoms with Crippen LogP contribution in [0.2, 0.25) is 0 Å². The van der Waals surface area contributed by atoms with E-state index in [1.54, 1.807) is 18.5 Å². The lowest BCUT2D eigenvalue weighted by Crippen LogP contribution is -2.24. The monoisotopic (exact) mass is 280 g/mol. The first-order chi connectivity index (χ1) is 8.90. The van der Waals surface area contributed by atoms with Crippen LogP contribution in [0.25, 0.3) is 0 Å². The maximum Gasteiger partial charge on any atom is 0.241 e. The van der Waals surface area contributed by atoms with Crippen LogP contribution in [0.5, 0.6) is 0 Å². The van der Waals surface area contributed by atoms with Gasteiger partial charge in [-0.25, -0.2) is 18.1 Å². The van der Waals surface area contributed by atoms with Crippen LogP contribution in [-0.4, -0.2) is 18.4 Å². The second-order valence-corrected chi connectivity index (χ2v) is 6.08. The van der Waals surface area contributed by atoms with Crippen LogP contribution in [0.1, 0.15) is 17.0 Å². The fraction of sp³-hybridized carbons (Fsp3) is 0.250. The zero-order chi connectivity index (χ0) is 14.0. The molecule has 4 N–H and O–H groups in total. The van der Waals surface area contributed by atoms with Gasteiger partial charge >= 0.3 is 0 Å². The zero-order valence-corrected chi connectivity index (χ0v) is 11.6. The number of hydrogen-bond acceptors (Lipinski definition) is 4. The Morgan fingerprint density at radius 3 is 2.68 bits per heavy atom. The normalized spacial score (nSPS) is 11.7. The zero-order valence-electron chi connectivity index (χ0n) is 10.8. The molecule has 0 saturated heterocycles. The van der Waals surface area contributed by atoms with Gasteiger partial charge in [0.1, 0.15) is 5.82 Å². The average molecular weight is 280 g/mol. The first-order valence-electron chi connectivity index (χ1n) is 5.75. The van der Waals surface area contributed by atoms with E-state index in [-0.39, 0.29) is 11.4 Å². The van der Waals surface area contributed by atoms with Gasteiger partial charge in [0, 0.05) is 18.1 Å². The van der Waals surface area contributed by atoms with Gasteiger partial charge in [-0.3, -0.25) is 0 Å². The van der Waals surface area contributed by atoms with Gasteiger partial charge in [-0.05, 0) is 37.1 Å². The van der Waals surface area contributed by atoms with Crippen LogP contribution in [0, 0.1) is 13.8 Å². The molecule has 1 aromatic carbocycles. The maximum atomic E-state index is 12.1. The van der Waals surface area contributed by atoms with Gasteiger partial charge in [0.05, 0.1) is 11.4 Å².